The molecule has 1 aliphatic rings. The van der Waals surface area contributed by atoms with E-state index in [0.29, 0.717) is 16.9 Å². The summed E-state index contributed by atoms with van der Waals surface area (Å²) in [5, 5.41) is 2.14. The quantitative estimate of drug-likeness (QED) is 0.337. The number of rotatable bonds is 3. The van der Waals surface area contributed by atoms with Crippen molar-refractivity contribution in [3.63, 3.8) is 0 Å². The third kappa shape index (κ3) is 3.72. The number of amides is 2. The number of carbonyl (C=O) groups is 2. The largest absolute Gasteiger partial charge is 0.315 e. The Morgan fingerprint density at radius 1 is 1.03 bits per heavy atom. The second kappa shape index (κ2) is 8.29. The molecule has 1 fully saturated rings. The Kier molecular flexibility index (Phi) is 5.66. The Hall–Kier alpha value is -3.36. The van der Waals surface area contributed by atoms with Crippen LogP contribution in [-0.4, -0.2) is 21.5 Å². The monoisotopic (exact) mass is 471 g/mol. The van der Waals surface area contributed by atoms with Gasteiger partial charge in [0.15, 0.2) is 5.11 Å². The highest BCUT2D eigenvalue weighted by molar-refractivity contribution is 7.80. The highest BCUT2D eigenvalue weighted by atomic mass is 35.5. The van der Waals surface area contributed by atoms with Crippen molar-refractivity contribution in [1.82, 2.24) is 9.88 Å². The van der Waals surface area contributed by atoms with Gasteiger partial charge in [-0.25, -0.2) is 8.78 Å². The molecular weight excluding hydrogens is 456 g/mol. The van der Waals surface area contributed by atoms with Crippen LogP contribution < -0.4 is 10.2 Å². The molecule has 2 amide bonds. The van der Waals surface area contributed by atoms with Crippen molar-refractivity contribution in [3.05, 3.63) is 87.7 Å². The molecule has 1 N–H and O–H groups in total. The number of hydrogen-bond acceptors (Lipinski definition) is 3. The zero-order valence-corrected chi connectivity index (χ0v) is 18.5. The molecule has 0 saturated carbocycles. The van der Waals surface area contributed by atoms with Gasteiger partial charge >= 0.3 is 0 Å². The van der Waals surface area contributed by atoms with Crippen molar-refractivity contribution >= 4 is 52.5 Å². The molecule has 9 heteroatoms. The van der Waals surface area contributed by atoms with Gasteiger partial charge in [0.1, 0.15) is 17.2 Å². The first-order valence-electron chi connectivity index (χ1n) is 9.49. The maximum absolute atomic E-state index is 14.4. The van der Waals surface area contributed by atoms with Crippen LogP contribution >= 0.6 is 23.8 Å². The van der Waals surface area contributed by atoms with E-state index < -0.39 is 23.4 Å². The molecule has 32 heavy (non-hydrogen) atoms. The number of nitrogens with zero attached hydrogens (tertiary/aromatic N) is 2. The number of aromatic nitrogens is 1. The van der Waals surface area contributed by atoms with E-state index >= 15 is 0 Å². The van der Waals surface area contributed by atoms with Crippen LogP contribution in [-0.2, 0) is 9.59 Å². The Balaban J connectivity index is 1.78. The van der Waals surface area contributed by atoms with Crippen LogP contribution in [0.25, 0.3) is 11.8 Å². The minimum absolute atomic E-state index is 0.142. The average molecular weight is 472 g/mol. The average Bonchev–Trinajstić information content (AvgIpc) is 3.01. The van der Waals surface area contributed by atoms with Gasteiger partial charge in [-0.15, -0.1) is 0 Å². The van der Waals surface area contributed by atoms with Crippen molar-refractivity contribution in [2.75, 3.05) is 4.90 Å². The fourth-order valence-electron chi connectivity index (χ4n) is 3.61. The molecule has 3 aromatic rings. The second-order valence-electron chi connectivity index (χ2n) is 7.17. The lowest BCUT2D eigenvalue weighted by molar-refractivity contribution is -0.122. The zero-order valence-electron chi connectivity index (χ0n) is 16.9. The number of aryl methyl sites for hydroxylation is 1. The van der Waals surface area contributed by atoms with E-state index in [-0.39, 0.29) is 21.4 Å². The lowest BCUT2D eigenvalue weighted by atomic mass is 10.1. The van der Waals surface area contributed by atoms with E-state index in [4.69, 9.17) is 23.8 Å². The molecule has 5 nitrogen and oxygen atoms in total. The first kappa shape index (κ1) is 21.9. The summed E-state index contributed by atoms with van der Waals surface area (Å²) < 4.78 is 29.6. The van der Waals surface area contributed by atoms with Crippen molar-refractivity contribution < 1.29 is 18.4 Å². The highest BCUT2D eigenvalue weighted by Gasteiger charge is 2.35. The molecule has 2 heterocycles. The summed E-state index contributed by atoms with van der Waals surface area (Å²) >= 11 is 11.0. The summed E-state index contributed by atoms with van der Waals surface area (Å²) in [7, 11) is 0. The number of para-hydroxylation sites is 1. The summed E-state index contributed by atoms with van der Waals surface area (Å²) in [5.74, 6) is -2.40. The topological polar surface area (TPSA) is 54.3 Å². The maximum atomic E-state index is 14.4. The fourth-order valence-corrected chi connectivity index (χ4v) is 4.06. The zero-order chi connectivity index (χ0) is 23.2. The van der Waals surface area contributed by atoms with E-state index in [9.17, 15) is 18.4 Å². The van der Waals surface area contributed by atoms with Gasteiger partial charge in [-0.1, -0.05) is 23.7 Å². The predicted octanol–water partition coefficient (Wildman–Crippen LogP) is 4.86. The Labute approximate surface area is 192 Å². The fraction of sp³-hybridized carbons (Fsp3) is 0.0870. The van der Waals surface area contributed by atoms with Crippen molar-refractivity contribution in [3.8, 4) is 5.69 Å². The van der Waals surface area contributed by atoms with Gasteiger partial charge in [-0.05, 0) is 74.1 Å². The third-order valence-corrected chi connectivity index (χ3v) is 5.70. The molecule has 1 aliphatic heterocycles. The molecule has 0 bridgehead atoms. The lowest BCUT2D eigenvalue weighted by Crippen LogP contribution is -2.54. The molecule has 0 aliphatic carbocycles. The maximum Gasteiger partial charge on any atom is 0.270 e. The van der Waals surface area contributed by atoms with Crippen molar-refractivity contribution in [2.24, 2.45) is 0 Å². The summed E-state index contributed by atoms with van der Waals surface area (Å²) in [5.41, 5.74) is 2.33. The minimum Gasteiger partial charge on any atom is -0.315 e. The number of thiocarbonyl (C=S) groups is 1. The molecule has 0 radical (unpaired) electrons. The summed E-state index contributed by atoms with van der Waals surface area (Å²) in [4.78, 5) is 26.8. The lowest BCUT2D eigenvalue weighted by Gasteiger charge is -2.29. The standard InChI is InChI=1S/C23H16ClF2N3O2S/c1-12-9-14(13(2)28(12)20-6-4-3-5-19(20)26)10-16-21(30)27-23(32)29(22(16)31)15-7-8-18(25)17(24)11-15/h3-11H,1-2H3,(H,27,30,32)/b16-10+. The molecular formula is C23H16ClF2N3O2S. The van der Waals surface area contributed by atoms with E-state index in [1.165, 1.54) is 24.3 Å². The number of nitrogens with one attached hydrogen (secondary N) is 1. The van der Waals surface area contributed by atoms with E-state index in [2.05, 4.69) is 5.32 Å². The number of benzene rings is 2. The van der Waals surface area contributed by atoms with E-state index in [1.54, 1.807) is 42.7 Å². The molecule has 1 aromatic heterocycles. The van der Waals surface area contributed by atoms with Crippen LogP contribution in [0, 0.1) is 25.5 Å². The van der Waals surface area contributed by atoms with Crippen molar-refractivity contribution in [1.29, 1.82) is 0 Å². The number of halogens is 3. The first-order valence-corrected chi connectivity index (χ1v) is 10.3. The molecule has 0 atom stereocenters. The predicted molar refractivity (Wildman–Crippen MR) is 123 cm³/mol. The molecule has 4 rings (SSSR count). The third-order valence-electron chi connectivity index (χ3n) is 5.13. The van der Waals surface area contributed by atoms with Gasteiger partial charge in [0, 0.05) is 11.4 Å². The van der Waals surface area contributed by atoms with Gasteiger partial charge in [-0.2, -0.15) is 0 Å². The van der Waals surface area contributed by atoms with Crippen molar-refractivity contribution in [2.45, 2.75) is 13.8 Å². The Morgan fingerprint density at radius 2 is 1.75 bits per heavy atom. The molecule has 2 aromatic carbocycles. The van der Waals surface area contributed by atoms with Crippen LogP contribution in [0.15, 0.2) is 54.1 Å². The first-order chi connectivity index (χ1) is 15.2. The van der Waals surface area contributed by atoms with Gasteiger partial charge in [-0.3, -0.25) is 19.8 Å². The SMILES string of the molecule is Cc1cc(/C=C2\C(=O)NC(=S)N(c3ccc(F)c(Cl)c3)C2=O)c(C)n1-c1ccccc1F. The number of hydrogen-bond donors (Lipinski definition) is 1. The van der Waals surface area contributed by atoms with Gasteiger partial charge in [0.05, 0.1) is 16.4 Å². The van der Waals surface area contributed by atoms with E-state index in [1.807, 2.05) is 0 Å². The van der Waals surface area contributed by atoms with Crippen LogP contribution in [0.4, 0.5) is 14.5 Å². The molecule has 1 saturated heterocycles. The van der Waals surface area contributed by atoms with Crippen LogP contribution in [0.5, 0.6) is 0 Å². The van der Waals surface area contributed by atoms with E-state index in [0.717, 1.165) is 16.7 Å². The van der Waals surface area contributed by atoms with Crippen LogP contribution in [0.2, 0.25) is 5.02 Å². The molecule has 0 unspecified atom stereocenters. The number of anilines is 1. The summed E-state index contributed by atoms with van der Waals surface area (Å²) in [6.07, 6.45) is 1.43. The van der Waals surface area contributed by atoms with Crippen LogP contribution in [0.1, 0.15) is 17.0 Å². The normalized spacial score (nSPS) is 15.5. The van der Waals surface area contributed by atoms with Gasteiger partial charge in [0.2, 0.25) is 0 Å². The Morgan fingerprint density at radius 3 is 2.44 bits per heavy atom. The Bertz CT molecular complexity index is 1330. The minimum atomic E-state index is -0.683. The number of carbonyl (C=O) groups excluding carboxylic acids is 2. The summed E-state index contributed by atoms with van der Waals surface area (Å²) in [6.45, 7) is 3.56. The smallest absolute Gasteiger partial charge is 0.270 e. The van der Waals surface area contributed by atoms with Gasteiger partial charge < -0.3 is 4.57 Å². The summed E-state index contributed by atoms with van der Waals surface area (Å²) in [6, 6.07) is 11.8. The van der Waals surface area contributed by atoms with Crippen LogP contribution in [0.3, 0.4) is 0 Å². The molecule has 0 spiro atoms. The van der Waals surface area contributed by atoms with Gasteiger partial charge in [0.25, 0.3) is 11.8 Å². The second-order valence-corrected chi connectivity index (χ2v) is 7.96. The molecule has 162 valence electrons. The highest BCUT2D eigenvalue weighted by Crippen LogP contribution is 2.28.